The normalized spacial score (nSPS) is 26.9. The van der Waals surface area contributed by atoms with Crippen molar-refractivity contribution in [3.05, 3.63) is 30.3 Å². The fourth-order valence-electron chi connectivity index (χ4n) is 3.48. The van der Waals surface area contributed by atoms with E-state index in [4.69, 9.17) is 5.73 Å². The topological polar surface area (TPSA) is 26.0 Å². The van der Waals surface area contributed by atoms with Gasteiger partial charge in [-0.3, -0.25) is 0 Å². The van der Waals surface area contributed by atoms with Gasteiger partial charge in [0.1, 0.15) is 0 Å². The number of hydrogen-bond acceptors (Lipinski definition) is 2. The third-order valence-electron chi connectivity index (χ3n) is 4.93. The van der Waals surface area contributed by atoms with Crippen molar-refractivity contribution in [2.45, 2.75) is 44.4 Å². The van der Waals surface area contributed by atoms with E-state index in [1.807, 2.05) is 11.8 Å². The minimum atomic E-state index is 0.765. The summed E-state index contributed by atoms with van der Waals surface area (Å²) in [6.45, 7) is 5.64. The Morgan fingerprint density at radius 2 is 1.90 bits per heavy atom. The molecule has 0 radical (unpaired) electrons. The van der Waals surface area contributed by atoms with Crippen LogP contribution in [-0.4, -0.2) is 12.3 Å². The van der Waals surface area contributed by atoms with Crippen molar-refractivity contribution >= 4 is 11.8 Å². The number of rotatable bonds is 6. The molecule has 1 aromatic carbocycles. The zero-order valence-corrected chi connectivity index (χ0v) is 13.7. The molecule has 112 valence electrons. The minimum absolute atomic E-state index is 0.765. The lowest BCUT2D eigenvalue weighted by Gasteiger charge is -2.37. The first-order chi connectivity index (χ1) is 9.70. The van der Waals surface area contributed by atoms with Gasteiger partial charge >= 0.3 is 0 Å². The molecule has 2 N–H and O–H groups in total. The van der Waals surface area contributed by atoms with Gasteiger partial charge in [0.2, 0.25) is 0 Å². The number of hydrogen-bond donors (Lipinski definition) is 1. The molecule has 1 aromatic rings. The Kier molecular flexibility index (Phi) is 6.44. The van der Waals surface area contributed by atoms with Gasteiger partial charge in [-0.25, -0.2) is 0 Å². The van der Waals surface area contributed by atoms with Crippen LogP contribution in [0.1, 0.15) is 39.5 Å². The van der Waals surface area contributed by atoms with E-state index in [1.54, 1.807) is 0 Å². The lowest BCUT2D eigenvalue weighted by atomic mass is 9.70. The van der Waals surface area contributed by atoms with E-state index in [2.05, 4.69) is 44.2 Å². The zero-order chi connectivity index (χ0) is 14.4. The summed E-state index contributed by atoms with van der Waals surface area (Å²) >= 11 is 2.00. The van der Waals surface area contributed by atoms with E-state index < -0.39 is 0 Å². The Bertz CT molecular complexity index is 376. The Hall–Kier alpha value is -0.470. The highest BCUT2D eigenvalue weighted by atomic mass is 32.2. The summed E-state index contributed by atoms with van der Waals surface area (Å²) in [5, 5.41) is 0. The van der Waals surface area contributed by atoms with Crippen LogP contribution in [0.2, 0.25) is 0 Å². The summed E-state index contributed by atoms with van der Waals surface area (Å²) in [6, 6.07) is 10.8. The summed E-state index contributed by atoms with van der Waals surface area (Å²) in [5.41, 5.74) is 5.99. The minimum Gasteiger partial charge on any atom is -0.330 e. The third kappa shape index (κ3) is 4.53. The molecule has 3 atom stereocenters. The molecule has 1 aliphatic carbocycles. The average Bonchev–Trinajstić information content (AvgIpc) is 2.48. The summed E-state index contributed by atoms with van der Waals surface area (Å²) < 4.78 is 0. The van der Waals surface area contributed by atoms with Gasteiger partial charge < -0.3 is 5.73 Å². The maximum atomic E-state index is 5.99. The second kappa shape index (κ2) is 8.09. The number of nitrogens with two attached hydrogens (primary N) is 1. The summed E-state index contributed by atoms with van der Waals surface area (Å²) in [5.74, 6) is 4.59. The van der Waals surface area contributed by atoms with Crippen LogP contribution in [0.15, 0.2) is 35.2 Å². The molecule has 0 spiro atoms. The van der Waals surface area contributed by atoms with Gasteiger partial charge in [-0.2, -0.15) is 0 Å². The van der Waals surface area contributed by atoms with Crippen LogP contribution in [0.3, 0.4) is 0 Å². The van der Waals surface area contributed by atoms with E-state index in [-0.39, 0.29) is 0 Å². The van der Waals surface area contributed by atoms with Crippen LogP contribution < -0.4 is 5.73 Å². The molecule has 20 heavy (non-hydrogen) atoms. The molecule has 1 saturated carbocycles. The zero-order valence-electron chi connectivity index (χ0n) is 12.9. The van der Waals surface area contributed by atoms with Gasteiger partial charge in [0.05, 0.1) is 0 Å². The molecule has 0 heterocycles. The second-order valence-electron chi connectivity index (χ2n) is 6.52. The second-order valence-corrected chi connectivity index (χ2v) is 7.69. The molecule has 1 aliphatic rings. The van der Waals surface area contributed by atoms with E-state index in [0.717, 1.165) is 30.2 Å². The molecular formula is C18H29NS. The summed E-state index contributed by atoms with van der Waals surface area (Å²) in [4.78, 5) is 1.40. The van der Waals surface area contributed by atoms with Crippen molar-refractivity contribution in [2.75, 3.05) is 12.3 Å². The third-order valence-corrected chi connectivity index (χ3v) is 5.97. The van der Waals surface area contributed by atoms with E-state index in [0.29, 0.717) is 0 Å². The van der Waals surface area contributed by atoms with Crippen LogP contribution in [0.5, 0.6) is 0 Å². The lowest BCUT2D eigenvalue weighted by molar-refractivity contribution is 0.149. The first kappa shape index (κ1) is 15.9. The Morgan fingerprint density at radius 3 is 2.55 bits per heavy atom. The first-order valence-electron chi connectivity index (χ1n) is 8.08. The van der Waals surface area contributed by atoms with Crippen molar-refractivity contribution in [1.29, 1.82) is 0 Å². The van der Waals surface area contributed by atoms with Crippen molar-refractivity contribution < 1.29 is 0 Å². The van der Waals surface area contributed by atoms with Crippen molar-refractivity contribution in [2.24, 2.45) is 29.4 Å². The average molecular weight is 292 g/mol. The van der Waals surface area contributed by atoms with E-state index >= 15 is 0 Å². The fourth-order valence-corrected chi connectivity index (χ4v) is 4.48. The predicted molar refractivity (Wildman–Crippen MR) is 90.0 cm³/mol. The highest BCUT2D eigenvalue weighted by Gasteiger charge is 2.30. The van der Waals surface area contributed by atoms with Crippen LogP contribution in [0, 0.1) is 23.7 Å². The smallest absolute Gasteiger partial charge is 0.00719 e. The van der Waals surface area contributed by atoms with Crippen LogP contribution in [0.4, 0.5) is 0 Å². The molecule has 1 fully saturated rings. The van der Waals surface area contributed by atoms with Gasteiger partial charge in [-0.05, 0) is 73.8 Å². The molecule has 1 nitrogen and oxygen atoms in total. The summed E-state index contributed by atoms with van der Waals surface area (Å²) in [6.07, 6.45) is 5.46. The SMILES string of the molecule is CC(C)C1CCC(CN)C(CCSc2ccccc2)C1. The van der Waals surface area contributed by atoms with Crippen LogP contribution in [-0.2, 0) is 0 Å². The maximum absolute atomic E-state index is 5.99. The monoisotopic (exact) mass is 291 g/mol. The van der Waals surface area contributed by atoms with Gasteiger partial charge in [0.15, 0.2) is 0 Å². The van der Waals surface area contributed by atoms with Crippen molar-refractivity contribution in [3.63, 3.8) is 0 Å². The van der Waals surface area contributed by atoms with Crippen molar-refractivity contribution in [1.82, 2.24) is 0 Å². The fraction of sp³-hybridized carbons (Fsp3) is 0.667. The highest BCUT2D eigenvalue weighted by Crippen LogP contribution is 2.39. The van der Waals surface area contributed by atoms with Gasteiger partial charge in [0.25, 0.3) is 0 Å². The summed E-state index contributed by atoms with van der Waals surface area (Å²) in [7, 11) is 0. The highest BCUT2D eigenvalue weighted by molar-refractivity contribution is 7.99. The van der Waals surface area contributed by atoms with E-state index in [9.17, 15) is 0 Å². The van der Waals surface area contributed by atoms with E-state index in [1.165, 1.54) is 36.3 Å². The molecule has 0 aliphatic heterocycles. The molecule has 2 heteroatoms. The Labute approximate surface area is 128 Å². The molecular weight excluding hydrogens is 262 g/mol. The quantitative estimate of drug-likeness (QED) is 0.761. The van der Waals surface area contributed by atoms with Gasteiger partial charge in [-0.15, -0.1) is 11.8 Å². The largest absolute Gasteiger partial charge is 0.330 e. The Balaban J connectivity index is 1.82. The maximum Gasteiger partial charge on any atom is 0.00719 e. The molecule has 2 rings (SSSR count). The molecule has 0 bridgehead atoms. The molecule has 0 aromatic heterocycles. The van der Waals surface area contributed by atoms with Gasteiger partial charge in [-0.1, -0.05) is 32.0 Å². The van der Waals surface area contributed by atoms with Crippen LogP contribution >= 0.6 is 11.8 Å². The van der Waals surface area contributed by atoms with Gasteiger partial charge in [0, 0.05) is 4.90 Å². The number of thioether (sulfide) groups is 1. The Morgan fingerprint density at radius 1 is 1.15 bits per heavy atom. The van der Waals surface area contributed by atoms with Crippen molar-refractivity contribution in [3.8, 4) is 0 Å². The lowest BCUT2D eigenvalue weighted by Crippen LogP contribution is -2.32. The predicted octanol–water partition coefficient (Wildman–Crippen LogP) is 4.82. The molecule has 0 amide bonds. The van der Waals surface area contributed by atoms with Crippen LogP contribution in [0.25, 0.3) is 0 Å². The first-order valence-corrected chi connectivity index (χ1v) is 9.07. The molecule has 3 unspecified atom stereocenters. The number of benzene rings is 1. The molecule has 0 saturated heterocycles. The standard InChI is InChI=1S/C18H29NS/c1-14(2)15-8-9-17(13-19)16(12-15)10-11-20-18-6-4-3-5-7-18/h3-7,14-17H,8-13,19H2,1-2H3.